The molecule has 0 spiro atoms. The number of hydrogen-bond donors (Lipinski definition) is 0. The van der Waals surface area contributed by atoms with Crippen molar-refractivity contribution in [1.82, 2.24) is 0 Å². The van der Waals surface area contributed by atoms with Crippen molar-refractivity contribution in [3.05, 3.63) is 63.6 Å². The van der Waals surface area contributed by atoms with Gasteiger partial charge >= 0.3 is 0 Å². The summed E-state index contributed by atoms with van der Waals surface area (Å²) in [7, 11) is 0. The van der Waals surface area contributed by atoms with Crippen LogP contribution < -0.4 is 4.90 Å². The fourth-order valence-corrected chi connectivity index (χ4v) is 2.96. The normalized spacial score (nSPS) is 13.5. The Hall–Kier alpha value is -2.27. The number of hydrogen-bond acceptors (Lipinski definition) is 3. The van der Waals surface area contributed by atoms with Crippen LogP contribution in [0.1, 0.15) is 38.0 Å². The van der Waals surface area contributed by atoms with Gasteiger partial charge in [0.25, 0.3) is 11.8 Å². The van der Waals surface area contributed by atoms with Crippen molar-refractivity contribution < 1.29 is 14.4 Å². The average Bonchev–Trinajstić information content (AvgIpc) is 2.72. The number of amides is 2. The highest BCUT2D eigenvalue weighted by Gasteiger charge is 2.38. The molecule has 4 nitrogen and oxygen atoms in total. The number of ketones is 1. The lowest BCUT2D eigenvalue weighted by molar-refractivity contribution is 0.0926. The monoisotopic (exact) mass is 343 g/mol. The van der Waals surface area contributed by atoms with Crippen LogP contribution >= 0.6 is 15.9 Å². The molecule has 0 atom stereocenters. The Balaban J connectivity index is 2.23. The van der Waals surface area contributed by atoms with Crippen LogP contribution in [0.2, 0.25) is 0 Å². The number of rotatable bonds is 2. The Morgan fingerprint density at radius 3 is 2.05 bits per heavy atom. The molecular formula is C16H10BrNO3. The zero-order chi connectivity index (χ0) is 15.1. The molecule has 0 aromatic heterocycles. The van der Waals surface area contributed by atoms with Crippen LogP contribution in [0.15, 0.2) is 46.9 Å². The van der Waals surface area contributed by atoms with E-state index in [1.165, 1.54) is 6.92 Å². The highest BCUT2D eigenvalue weighted by atomic mass is 79.9. The summed E-state index contributed by atoms with van der Waals surface area (Å²) in [5.74, 6) is -1.03. The van der Waals surface area contributed by atoms with Gasteiger partial charge in [0.2, 0.25) is 0 Å². The van der Waals surface area contributed by atoms with Gasteiger partial charge in [-0.25, -0.2) is 4.90 Å². The molecule has 21 heavy (non-hydrogen) atoms. The summed E-state index contributed by atoms with van der Waals surface area (Å²) in [6.07, 6.45) is 0. The first-order valence-electron chi connectivity index (χ1n) is 6.29. The average molecular weight is 344 g/mol. The van der Waals surface area contributed by atoms with Crippen LogP contribution in [-0.4, -0.2) is 17.6 Å². The molecule has 3 rings (SSSR count). The van der Waals surface area contributed by atoms with Gasteiger partial charge in [-0.3, -0.25) is 14.4 Å². The van der Waals surface area contributed by atoms with Crippen LogP contribution in [0.25, 0.3) is 0 Å². The van der Waals surface area contributed by atoms with Gasteiger partial charge in [-0.05, 0) is 47.1 Å². The van der Waals surface area contributed by atoms with E-state index in [1.54, 1.807) is 42.5 Å². The zero-order valence-corrected chi connectivity index (χ0v) is 12.7. The summed E-state index contributed by atoms with van der Waals surface area (Å²) in [5, 5.41) is 0. The molecule has 0 N–H and O–H groups in total. The van der Waals surface area contributed by atoms with Crippen molar-refractivity contribution in [3.63, 3.8) is 0 Å². The number of fused-ring (bicyclic) bond motifs is 1. The van der Waals surface area contributed by atoms with Gasteiger partial charge in [-0.2, -0.15) is 0 Å². The topological polar surface area (TPSA) is 54.5 Å². The standard InChI is InChI=1S/C16H10BrNO3/c1-9(19)10-7-4-8-13(17)14(10)18-15(20)11-5-2-3-6-12(11)16(18)21/h2-8H,1H3. The summed E-state index contributed by atoms with van der Waals surface area (Å²) < 4.78 is 0.532. The third kappa shape index (κ3) is 2.01. The van der Waals surface area contributed by atoms with Crippen LogP contribution in [-0.2, 0) is 0 Å². The van der Waals surface area contributed by atoms with E-state index >= 15 is 0 Å². The van der Waals surface area contributed by atoms with Gasteiger partial charge in [0.15, 0.2) is 5.78 Å². The van der Waals surface area contributed by atoms with Crippen LogP contribution in [0.4, 0.5) is 5.69 Å². The Morgan fingerprint density at radius 1 is 0.952 bits per heavy atom. The number of carbonyl (C=O) groups excluding carboxylic acids is 3. The van der Waals surface area contributed by atoms with E-state index in [4.69, 9.17) is 0 Å². The maximum absolute atomic E-state index is 12.5. The predicted octanol–water partition coefficient (Wildman–Crippen LogP) is 3.45. The van der Waals surface area contributed by atoms with Gasteiger partial charge in [0, 0.05) is 10.0 Å². The van der Waals surface area contributed by atoms with E-state index in [1.807, 2.05) is 0 Å². The molecule has 0 fully saturated rings. The first kappa shape index (κ1) is 13.7. The third-order valence-electron chi connectivity index (χ3n) is 3.38. The molecule has 2 aromatic carbocycles. The maximum Gasteiger partial charge on any atom is 0.266 e. The lowest BCUT2D eigenvalue weighted by Crippen LogP contribution is -2.31. The Morgan fingerprint density at radius 2 is 1.52 bits per heavy atom. The van der Waals surface area contributed by atoms with Crippen molar-refractivity contribution in [3.8, 4) is 0 Å². The largest absolute Gasteiger partial charge is 0.294 e. The SMILES string of the molecule is CC(=O)c1cccc(Br)c1N1C(=O)c2ccccc2C1=O. The second kappa shape index (κ2) is 4.93. The minimum Gasteiger partial charge on any atom is -0.294 e. The number of halogens is 1. The molecule has 2 aromatic rings. The van der Waals surface area contributed by atoms with Gasteiger partial charge in [0.05, 0.1) is 16.8 Å². The summed E-state index contributed by atoms with van der Waals surface area (Å²) in [5.41, 5.74) is 1.34. The van der Waals surface area contributed by atoms with Crippen LogP contribution in [0.3, 0.4) is 0 Å². The van der Waals surface area contributed by atoms with E-state index in [9.17, 15) is 14.4 Å². The molecule has 1 aliphatic rings. The number of nitrogens with zero attached hydrogens (tertiary/aromatic N) is 1. The quantitative estimate of drug-likeness (QED) is 0.619. The fourth-order valence-electron chi connectivity index (χ4n) is 2.42. The third-order valence-corrected chi connectivity index (χ3v) is 4.02. The molecule has 1 aliphatic heterocycles. The Kier molecular flexibility index (Phi) is 3.22. The molecule has 104 valence electrons. The second-order valence-electron chi connectivity index (χ2n) is 4.68. The predicted molar refractivity (Wildman–Crippen MR) is 81.7 cm³/mol. The number of carbonyl (C=O) groups is 3. The minimum absolute atomic E-state index is 0.206. The molecule has 5 heteroatoms. The van der Waals surface area contributed by atoms with Crippen molar-refractivity contribution in [2.45, 2.75) is 6.92 Å². The number of imide groups is 1. The second-order valence-corrected chi connectivity index (χ2v) is 5.54. The van der Waals surface area contributed by atoms with Gasteiger partial charge in [0.1, 0.15) is 0 Å². The number of benzene rings is 2. The van der Waals surface area contributed by atoms with Gasteiger partial charge in [-0.15, -0.1) is 0 Å². The first-order valence-corrected chi connectivity index (χ1v) is 7.09. The smallest absolute Gasteiger partial charge is 0.266 e. The molecule has 0 aliphatic carbocycles. The number of Topliss-reactive ketones (excluding diaryl/α,β-unsaturated/α-hetero) is 1. The van der Waals surface area contributed by atoms with Crippen molar-refractivity contribution in [2.75, 3.05) is 4.90 Å². The highest BCUT2D eigenvalue weighted by molar-refractivity contribution is 9.10. The molecule has 0 saturated heterocycles. The van der Waals surface area contributed by atoms with Crippen LogP contribution in [0.5, 0.6) is 0 Å². The van der Waals surface area contributed by atoms with Crippen LogP contribution in [0, 0.1) is 0 Å². The molecule has 0 bridgehead atoms. The maximum atomic E-state index is 12.5. The lowest BCUT2D eigenvalue weighted by Gasteiger charge is -2.18. The first-order chi connectivity index (χ1) is 10.0. The minimum atomic E-state index is -0.412. The number of para-hydroxylation sites is 1. The van der Waals surface area contributed by atoms with E-state index in [-0.39, 0.29) is 5.78 Å². The Labute approximate surface area is 129 Å². The summed E-state index contributed by atoms with van der Waals surface area (Å²) in [6.45, 7) is 1.41. The Bertz CT molecular complexity index is 763. The molecule has 0 unspecified atom stereocenters. The lowest BCUT2D eigenvalue weighted by atomic mass is 10.1. The van der Waals surface area contributed by atoms with E-state index < -0.39 is 11.8 Å². The van der Waals surface area contributed by atoms with Gasteiger partial charge < -0.3 is 0 Å². The summed E-state index contributed by atoms with van der Waals surface area (Å²) in [6, 6.07) is 11.6. The zero-order valence-electron chi connectivity index (χ0n) is 11.1. The molecule has 0 radical (unpaired) electrons. The van der Waals surface area contributed by atoms with E-state index in [2.05, 4.69) is 15.9 Å². The van der Waals surface area contributed by atoms with E-state index in [0.717, 1.165) is 4.90 Å². The fraction of sp³-hybridized carbons (Fsp3) is 0.0625. The molecule has 2 amide bonds. The van der Waals surface area contributed by atoms with Crippen molar-refractivity contribution in [2.24, 2.45) is 0 Å². The summed E-state index contributed by atoms with van der Waals surface area (Å²) >= 11 is 3.33. The molecule has 1 heterocycles. The molecule has 0 saturated carbocycles. The number of anilines is 1. The van der Waals surface area contributed by atoms with E-state index in [0.29, 0.717) is 26.9 Å². The van der Waals surface area contributed by atoms with Crippen molar-refractivity contribution >= 4 is 39.2 Å². The summed E-state index contributed by atoms with van der Waals surface area (Å²) in [4.78, 5) is 37.9. The van der Waals surface area contributed by atoms with Gasteiger partial charge in [-0.1, -0.05) is 18.2 Å². The highest BCUT2D eigenvalue weighted by Crippen LogP contribution is 2.36. The molecular weight excluding hydrogens is 334 g/mol. The van der Waals surface area contributed by atoms with Crippen molar-refractivity contribution in [1.29, 1.82) is 0 Å².